The summed E-state index contributed by atoms with van der Waals surface area (Å²) >= 11 is 6.09. The average Bonchev–Trinajstić information content (AvgIpc) is 3.59. The van der Waals surface area contributed by atoms with Crippen LogP contribution in [0, 0.1) is 6.92 Å². The van der Waals surface area contributed by atoms with Gasteiger partial charge in [0.05, 0.1) is 29.3 Å². The highest BCUT2D eigenvalue weighted by molar-refractivity contribution is 6.31. The molecule has 1 unspecified atom stereocenters. The number of phenols is 1. The maximum Gasteiger partial charge on any atom is 0.296 e. The number of amides is 1. The van der Waals surface area contributed by atoms with Crippen LogP contribution in [-0.2, 0) is 4.79 Å². The summed E-state index contributed by atoms with van der Waals surface area (Å²) in [5.74, 6) is -2.10. The first kappa shape index (κ1) is 24.6. The van der Waals surface area contributed by atoms with Crippen LogP contribution in [0.4, 0.5) is 5.95 Å². The predicted octanol–water partition coefficient (Wildman–Crippen LogP) is 6.16. The number of hydrogen-bond donors (Lipinski definition) is 3. The second-order valence-electron chi connectivity index (χ2n) is 9.20. The lowest BCUT2D eigenvalue weighted by Gasteiger charge is -2.25. The molecule has 1 atom stereocenters. The molecule has 1 aliphatic rings. The number of ether oxygens (including phenoxy) is 1. The molecule has 3 heterocycles. The van der Waals surface area contributed by atoms with Gasteiger partial charge in [-0.15, -0.1) is 0 Å². The number of aromatic amines is 1. The Bertz CT molecular complexity index is 1840. The number of ketones is 1. The van der Waals surface area contributed by atoms with Crippen molar-refractivity contribution >= 4 is 51.2 Å². The van der Waals surface area contributed by atoms with Crippen molar-refractivity contribution in [2.45, 2.75) is 19.9 Å². The Hall–Kier alpha value is -4.76. The molecule has 0 radical (unpaired) electrons. The minimum atomic E-state index is -1.11. The summed E-state index contributed by atoms with van der Waals surface area (Å²) in [6.07, 6.45) is 0. The molecule has 1 aliphatic heterocycles. The van der Waals surface area contributed by atoms with E-state index in [1.165, 1.54) is 23.1 Å². The van der Waals surface area contributed by atoms with E-state index in [9.17, 15) is 19.8 Å². The van der Waals surface area contributed by atoms with Gasteiger partial charge in [0.1, 0.15) is 5.58 Å². The van der Waals surface area contributed by atoms with E-state index in [4.69, 9.17) is 20.8 Å². The normalized spacial score (nSPS) is 15.6. The van der Waals surface area contributed by atoms with Crippen molar-refractivity contribution in [2.75, 3.05) is 11.5 Å². The van der Waals surface area contributed by atoms with E-state index in [0.29, 0.717) is 32.6 Å². The van der Waals surface area contributed by atoms with Crippen molar-refractivity contribution in [1.29, 1.82) is 0 Å². The van der Waals surface area contributed by atoms with Crippen LogP contribution in [0.3, 0.4) is 0 Å². The van der Waals surface area contributed by atoms with Crippen LogP contribution in [0.1, 0.15) is 34.6 Å². The molecule has 10 heteroatoms. The lowest BCUT2D eigenvalue weighted by atomic mass is 9.94. The van der Waals surface area contributed by atoms with Gasteiger partial charge in [0, 0.05) is 10.4 Å². The monoisotopic (exact) mass is 543 g/mol. The smallest absolute Gasteiger partial charge is 0.296 e. The quantitative estimate of drug-likeness (QED) is 0.219. The molecule has 0 saturated carbocycles. The number of Topliss-reactive ketones (excluding diaryl/α,β-unsaturated/α-hetero) is 1. The topological polar surface area (TPSA) is 129 Å². The van der Waals surface area contributed by atoms with Crippen LogP contribution in [0.25, 0.3) is 22.0 Å². The number of rotatable bonds is 6. The SMILES string of the molecule is CCOc1cc(C2C(C(=O)c3cc4cc(Cl)ccc4o3)=C(O)C(=O)N2c2nc3ccc(C)cc3[nH]2)ccc1O. The number of fused-ring (bicyclic) bond motifs is 2. The number of carbonyl (C=O) groups is 2. The van der Waals surface area contributed by atoms with Crippen LogP contribution in [0.5, 0.6) is 11.5 Å². The minimum Gasteiger partial charge on any atom is -0.504 e. The average molecular weight is 544 g/mol. The van der Waals surface area contributed by atoms with Gasteiger partial charge in [0.15, 0.2) is 23.0 Å². The molecule has 0 fully saturated rings. The Labute approximate surface area is 226 Å². The third kappa shape index (κ3) is 4.07. The summed E-state index contributed by atoms with van der Waals surface area (Å²) < 4.78 is 11.3. The summed E-state index contributed by atoms with van der Waals surface area (Å²) in [5.41, 5.74) is 2.92. The summed E-state index contributed by atoms with van der Waals surface area (Å²) in [5, 5.41) is 22.5. The number of aromatic hydroxyl groups is 1. The number of halogens is 1. The van der Waals surface area contributed by atoms with Gasteiger partial charge in [0.25, 0.3) is 5.91 Å². The van der Waals surface area contributed by atoms with Gasteiger partial charge in [-0.1, -0.05) is 23.7 Å². The number of anilines is 1. The van der Waals surface area contributed by atoms with Crippen molar-refractivity contribution in [3.05, 3.63) is 93.9 Å². The van der Waals surface area contributed by atoms with E-state index in [-0.39, 0.29) is 35.4 Å². The molecule has 9 nitrogen and oxygen atoms in total. The van der Waals surface area contributed by atoms with Gasteiger partial charge in [0.2, 0.25) is 11.7 Å². The number of benzene rings is 3. The van der Waals surface area contributed by atoms with Crippen molar-refractivity contribution in [1.82, 2.24) is 9.97 Å². The molecule has 0 spiro atoms. The van der Waals surface area contributed by atoms with E-state index in [0.717, 1.165) is 5.56 Å². The number of furan rings is 1. The number of phenolic OH excluding ortho intramolecular Hbond substituents is 1. The molecule has 39 heavy (non-hydrogen) atoms. The Morgan fingerprint density at radius 3 is 2.74 bits per heavy atom. The number of aryl methyl sites for hydroxylation is 1. The van der Waals surface area contributed by atoms with Crippen LogP contribution in [0.15, 0.2) is 76.4 Å². The van der Waals surface area contributed by atoms with Gasteiger partial charge in [-0.3, -0.25) is 14.5 Å². The van der Waals surface area contributed by atoms with Gasteiger partial charge in [-0.05, 0) is 73.5 Å². The highest BCUT2D eigenvalue weighted by atomic mass is 35.5. The largest absolute Gasteiger partial charge is 0.504 e. The lowest BCUT2D eigenvalue weighted by molar-refractivity contribution is -0.117. The number of carbonyl (C=O) groups excluding carboxylic acids is 2. The number of nitrogens with one attached hydrogen (secondary N) is 1. The maximum absolute atomic E-state index is 13.9. The highest BCUT2D eigenvalue weighted by Gasteiger charge is 2.47. The molecule has 2 aromatic heterocycles. The van der Waals surface area contributed by atoms with Gasteiger partial charge in [-0.2, -0.15) is 0 Å². The third-order valence-corrected chi connectivity index (χ3v) is 6.84. The number of hydrogen-bond acceptors (Lipinski definition) is 7. The first-order valence-corrected chi connectivity index (χ1v) is 12.6. The highest BCUT2D eigenvalue weighted by Crippen LogP contribution is 2.44. The van der Waals surface area contributed by atoms with Gasteiger partial charge >= 0.3 is 0 Å². The number of aromatic nitrogens is 2. The number of imidazole rings is 1. The standard InChI is InChI=1S/C29H22ClN3O6/c1-3-38-22-12-15(5-8-20(22)34)25-24(26(35)23-13-16-11-17(30)6-9-21(16)39-23)27(36)28(37)33(25)29-31-18-7-4-14(2)10-19(18)32-29/h4-13,25,34,36H,3H2,1-2H3,(H,31,32). The zero-order valence-corrected chi connectivity index (χ0v) is 21.6. The first-order valence-electron chi connectivity index (χ1n) is 12.2. The second-order valence-corrected chi connectivity index (χ2v) is 9.64. The van der Waals surface area contributed by atoms with Crippen molar-refractivity contribution in [3.8, 4) is 11.5 Å². The molecule has 0 saturated heterocycles. The molecular formula is C29H22ClN3O6. The Kier molecular flexibility index (Phi) is 5.80. The number of H-pyrrole nitrogens is 1. The van der Waals surface area contributed by atoms with Crippen LogP contribution < -0.4 is 9.64 Å². The fourth-order valence-corrected chi connectivity index (χ4v) is 5.01. The summed E-state index contributed by atoms with van der Waals surface area (Å²) in [4.78, 5) is 36.3. The minimum absolute atomic E-state index is 0.0718. The maximum atomic E-state index is 13.9. The lowest BCUT2D eigenvalue weighted by Crippen LogP contribution is -2.32. The van der Waals surface area contributed by atoms with E-state index in [1.54, 1.807) is 31.2 Å². The van der Waals surface area contributed by atoms with E-state index in [1.807, 2.05) is 25.1 Å². The fourth-order valence-electron chi connectivity index (χ4n) is 4.83. The molecule has 196 valence electrons. The summed E-state index contributed by atoms with van der Waals surface area (Å²) in [7, 11) is 0. The first-order chi connectivity index (χ1) is 18.7. The van der Waals surface area contributed by atoms with Crippen LogP contribution in [-0.4, -0.2) is 38.5 Å². The molecule has 1 amide bonds. The number of nitrogens with zero attached hydrogens (tertiary/aromatic N) is 2. The van der Waals surface area contributed by atoms with E-state index in [2.05, 4.69) is 9.97 Å². The molecule has 3 N–H and O–H groups in total. The molecular weight excluding hydrogens is 522 g/mol. The zero-order valence-electron chi connectivity index (χ0n) is 20.9. The van der Waals surface area contributed by atoms with Crippen LogP contribution in [0.2, 0.25) is 5.02 Å². The summed E-state index contributed by atoms with van der Waals surface area (Å²) in [6, 6.07) is 15.4. The van der Waals surface area contributed by atoms with Crippen molar-refractivity contribution in [3.63, 3.8) is 0 Å². The van der Waals surface area contributed by atoms with Gasteiger partial charge < -0.3 is 24.4 Å². The van der Waals surface area contributed by atoms with Crippen molar-refractivity contribution in [2.24, 2.45) is 0 Å². The van der Waals surface area contributed by atoms with Gasteiger partial charge in [-0.25, -0.2) is 4.98 Å². The molecule has 0 bridgehead atoms. The number of aliphatic hydroxyl groups is 1. The summed E-state index contributed by atoms with van der Waals surface area (Å²) in [6.45, 7) is 3.98. The molecule has 0 aliphatic carbocycles. The third-order valence-electron chi connectivity index (χ3n) is 6.61. The fraction of sp³-hybridized carbons (Fsp3) is 0.138. The molecule has 6 rings (SSSR count). The molecule has 3 aromatic carbocycles. The van der Waals surface area contributed by atoms with E-state index < -0.39 is 23.5 Å². The Morgan fingerprint density at radius 2 is 1.95 bits per heavy atom. The Morgan fingerprint density at radius 1 is 1.13 bits per heavy atom. The Balaban J connectivity index is 1.52. The predicted molar refractivity (Wildman–Crippen MR) is 146 cm³/mol. The second kappa shape index (κ2) is 9.21. The zero-order chi connectivity index (χ0) is 27.4. The van der Waals surface area contributed by atoms with E-state index >= 15 is 0 Å². The van der Waals surface area contributed by atoms with Crippen LogP contribution >= 0.6 is 11.6 Å². The number of aliphatic hydroxyl groups excluding tert-OH is 1. The molecule has 5 aromatic rings. The van der Waals surface area contributed by atoms with Crippen molar-refractivity contribution < 1.29 is 29.0 Å².